The van der Waals surface area contributed by atoms with Crippen LogP contribution in [0.15, 0.2) is 29.2 Å². The van der Waals surface area contributed by atoms with E-state index in [1.165, 1.54) is 4.31 Å². The highest BCUT2D eigenvalue weighted by atomic mass is 32.2. The molecule has 2 rings (SSSR count). The van der Waals surface area contributed by atoms with E-state index >= 15 is 0 Å². The molecular weight excluding hydrogens is 264 g/mol. The first kappa shape index (κ1) is 14.5. The smallest absolute Gasteiger partial charge is 0.243 e. The van der Waals surface area contributed by atoms with Crippen molar-refractivity contribution < 1.29 is 13.5 Å². The first-order chi connectivity index (χ1) is 9.07. The molecule has 1 aromatic rings. The van der Waals surface area contributed by atoms with E-state index in [2.05, 4.69) is 0 Å². The number of benzene rings is 1. The van der Waals surface area contributed by atoms with Crippen molar-refractivity contribution in [3.8, 4) is 0 Å². The minimum absolute atomic E-state index is 0.112. The number of sulfonamides is 1. The van der Waals surface area contributed by atoms with E-state index in [0.717, 1.165) is 12.0 Å². The summed E-state index contributed by atoms with van der Waals surface area (Å²) < 4.78 is 26.5. The van der Waals surface area contributed by atoms with Crippen LogP contribution in [0.3, 0.4) is 0 Å². The summed E-state index contributed by atoms with van der Waals surface area (Å²) in [5.74, 6) is 0.262. The second-order valence-corrected chi connectivity index (χ2v) is 6.82. The number of rotatable bonds is 5. The van der Waals surface area contributed by atoms with Gasteiger partial charge in [-0.15, -0.1) is 0 Å². The van der Waals surface area contributed by atoms with Gasteiger partial charge in [-0.3, -0.25) is 0 Å². The fraction of sp³-hybridized carbons (Fsp3) is 0.538. The monoisotopic (exact) mass is 284 g/mol. The van der Waals surface area contributed by atoms with Gasteiger partial charge in [0.2, 0.25) is 10.0 Å². The average Bonchev–Trinajstić information content (AvgIpc) is 2.88. The van der Waals surface area contributed by atoms with Crippen molar-refractivity contribution >= 4 is 10.0 Å². The van der Waals surface area contributed by atoms with E-state index < -0.39 is 10.0 Å². The number of nitrogens with zero attached hydrogens (tertiary/aromatic N) is 1. The zero-order valence-corrected chi connectivity index (χ0v) is 11.6. The number of hydrogen-bond donors (Lipinski definition) is 2. The summed E-state index contributed by atoms with van der Waals surface area (Å²) in [6, 6.07) is 6.77. The van der Waals surface area contributed by atoms with E-state index in [1.807, 2.05) is 6.07 Å². The topological polar surface area (TPSA) is 83.6 Å². The zero-order chi connectivity index (χ0) is 13.9. The Hall–Kier alpha value is -0.950. The summed E-state index contributed by atoms with van der Waals surface area (Å²) in [5, 5.41) is 8.92. The lowest BCUT2D eigenvalue weighted by Crippen LogP contribution is -2.29. The van der Waals surface area contributed by atoms with Crippen molar-refractivity contribution in [3.63, 3.8) is 0 Å². The molecule has 19 heavy (non-hydrogen) atoms. The highest BCUT2D eigenvalue weighted by Gasteiger charge is 2.32. The van der Waals surface area contributed by atoms with Gasteiger partial charge in [0.25, 0.3) is 0 Å². The molecular formula is C13H20N2O3S. The van der Waals surface area contributed by atoms with Crippen LogP contribution in [-0.4, -0.2) is 37.5 Å². The van der Waals surface area contributed by atoms with Gasteiger partial charge in [0, 0.05) is 26.2 Å². The molecule has 1 heterocycles. The predicted octanol–water partition coefficient (Wildman–Crippen LogP) is 0.538. The molecule has 106 valence electrons. The van der Waals surface area contributed by atoms with Crippen LogP contribution in [0.1, 0.15) is 18.4 Å². The fourth-order valence-electron chi connectivity index (χ4n) is 2.42. The molecule has 1 fully saturated rings. The van der Waals surface area contributed by atoms with Gasteiger partial charge in [0.1, 0.15) is 0 Å². The van der Waals surface area contributed by atoms with E-state index in [-0.39, 0.29) is 12.5 Å². The van der Waals surface area contributed by atoms with Crippen LogP contribution in [0.4, 0.5) is 0 Å². The maximum absolute atomic E-state index is 12.5. The molecule has 0 spiro atoms. The summed E-state index contributed by atoms with van der Waals surface area (Å²) in [6.07, 6.45) is 1.48. The van der Waals surface area contributed by atoms with Gasteiger partial charge < -0.3 is 10.8 Å². The lowest BCUT2D eigenvalue weighted by atomic mass is 10.1. The number of aliphatic hydroxyl groups is 1. The third-order valence-corrected chi connectivity index (χ3v) is 5.42. The molecule has 6 heteroatoms. The minimum atomic E-state index is -3.43. The van der Waals surface area contributed by atoms with E-state index in [9.17, 15) is 8.42 Å². The van der Waals surface area contributed by atoms with Gasteiger partial charge >= 0.3 is 0 Å². The van der Waals surface area contributed by atoms with Crippen molar-refractivity contribution in [2.45, 2.75) is 24.3 Å². The van der Waals surface area contributed by atoms with Crippen molar-refractivity contribution in [1.82, 2.24) is 4.31 Å². The Bertz CT molecular complexity index is 530. The lowest BCUT2D eigenvalue weighted by Gasteiger charge is -2.17. The molecule has 0 saturated carbocycles. The van der Waals surface area contributed by atoms with Gasteiger partial charge in [-0.1, -0.05) is 12.1 Å². The average molecular weight is 284 g/mol. The molecule has 5 nitrogen and oxygen atoms in total. The number of aliphatic hydroxyl groups excluding tert-OH is 1. The standard InChI is InChI=1S/C13H20N2O3S/c14-9-12-2-1-3-13(8-12)19(17,18)15-6-4-11(10-15)5-7-16/h1-3,8,11,16H,4-7,9-10,14H2. The van der Waals surface area contributed by atoms with Crippen LogP contribution in [0.2, 0.25) is 0 Å². The maximum atomic E-state index is 12.5. The first-order valence-electron chi connectivity index (χ1n) is 6.48. The second kappa shape index (κ2) is 6.00. The molecule has 1 atom stereocenters. The largest absolute Gasteiger partial charge is 0.396 e. The Morgan fingerprint density at radius 1 is 1.42 bits per heavy atom. The van der Waals surface area contributed by atoms with Crippen LogP contribution in [0.25, 0.3) is 0 Å². The van der Waals surface area contributed by atoms with Crippen LogP contribution in [-0.2, 0) is 16.6 Å². The molecule has 1 aliphatic rings. The summed E-state index contributed by atoms with van der Waals surface area (Å²) in [6.45, 7) is 1.47. The van der Waals surface area contributed by atoms with Gasteiger partial charge in [-0.05, 0) is 36.5 Å². The van der Waals surface area contributed by atoms with Crippen molar-refractivity contribution in [3.05, 3.63) is 29.8 Å². The Labute approximate surface area is 114 Å². The summed E-state index contributed by atoms with van der Waals surface area (Å²) in [7, 11) is -3.43. The van der Waals surface area contributed by atoms with Crippen molar-refractivity contribution in [1.29, 1.82) is 0 Å². The molecule has 0 radical (unpaired) electrons. The first-order valence-corrected chi connectivity index (χ1v) is 7.92. The van der Waals surface area contributed by atoms with Crippen molar-refractivity contribution in [2.75, 3.05) is 19.7 Å². The normalized spacial score (nSPS) is 20.8. The summed E-state index contributed by atoms with van der Waals surface area (Å²) in [4.78, 5) is 0.306. The molecule has 3 N–H and O–H groups in total. The highest BCUT2D eigenvalue weighted by Crippen LogP contribution is 2.26. The lowest BCUT2D eigenvalue weighted by molar-refractivity contribution is 0.259. The maximum Gasteiger partial charge on any atom is 0.243 e. The molecule has 1 unspecified atom stereocenters. The van der Waals surface area contributed by atoms with E-state index in [0.29, 0.717) is 31.0 Å². The molecule has 1 saturated heterocycles. The van der Waals surface area contributed by atoms with Gasteiger partial charge in [-0.25, -0.2) is 8.42 Å². The Kier molecular flexibility index (Phi) is 4.57. The number of nitrogens with two attached hydrogens (primary N) is 1. The van der Waals surface area contributed by atoms with Crippen LogP contribution >= 0.6 is 0 Å². The Balaban J connectivity index is 2.18. The third kappa shape index (κ3) is 3.14. The minimum Gasteiger partial charge on any atom is -0.396 e. The Morgan fingerprint density at radius 3 is 2.89 bits per heavy atom. The second-order valence-electron chi connectivity index (χ2n) is 4.88. The van der Waals surface area contributed by atoms with Crippen LogP contribution in [0, 0.1) is 5.92 Å². The molecule has 0 aromatic heterocycles. The molecule has 0 bridgehead atoms. The van der Waals surface area contributed by atoms with Crippen LogP contribution < -0.4 is 5.73 Å². The van der Waals surface area contributed by atoms with E-state index in [1.54, 1.807) is 18.2 Å². The molecule has 1 aromatic carbocycles. The van der Waals surface area contributed by atoms with Crippen molar-refractivity contribution in [2.24, 2.45) is 11.7 Å². The van der Waals surface area contributed by atoms with Gasteiger partial charge in [0.15, 0.2) is 0 Å². The van der Waals surface area contributed by atoms with Gasteiger partial charge in [-0.2, -0.15) is 4.31 Å². The highest BCUT2D eigenvalue weighted by molar-refractivity contribution is 7.89. The summed E-state index contributed by atoms with van der Waals surface area (Å²) in [5.41, 5.74) is 6.35. The zero-order valence-electron chi connectivity index (χ0n) is 10.8. The Morgan fingerprint density at radius 2 is 2.21 bits per heavy atom. The fourth-order valence-corrected chi connectivity index (χ4v) is 4.02. The SMILES string of the molecule is NCc1cccc(S(=O)(=O)N2CCC(CCO)C2)c1. The van der Waals surface area contributed by atoms with Crippen LogP contribution in [0.5, 0.6) is 0 Å². The van der Waals surface area contributed by atoms with E-state index in [4.69, 9.17) is 10.8 Å². The molecule has 0 amide bonds. The molecule has 1 aliphatic heterocycles. The van der Waals surface area contributed by atoms with Gasteiger partial charge in [0.05, 0.1) is 4.90 Å². The predicted molar refractivity (Wildman–Crippen MR) is 72.9 cm³/mol. The number of hydrogen-bond acceptors (Lipinski definition) is 4. The summed E-state index contributed by atoms with van der Waals surface area (Å²) >= 11 is 0. The molecule has 0 aliphatic carbocycles. The third-order valence-electron chi connectivity index (χ3n) is 3.56. The quantitative estimate of drug-likeness (QED) is 0.826.